The van der Waals surface area contributed by atoms with E-state index >= 15 is 0 Å². The summed E-state index contributed by atoms with van der Waals surface area (Å²) in [5.74, 6) is 1.32. The summed E-state index contributed by atoms with van der Waals surface area (Å²) in [7, 11) is 0. The first-order chi connectivity index (χ1) is 11.8. The maximum atomic E-state index is 12.2. The lowest BCUT2D eigenvalue weighted by atomic mass is 10.1. The summed E-state index contributed by atoms with van der Waals surface area (Å²) < 4.78 is 10.6. The van der Waals surface area contributed by atoms with Gasteiger partial charge < -0.3 is 14.2 Å². The van der Waals surface area contributed by atoms with Gasteiger partial charge in [-0.05, 0) is 38.3 Å². The molecule has 0 spiro atoms. The van der Waals surface area contributed by atoms with Crippen LogP contribution in [-0.4, -0.2) is 46.7 Å². The molecule has 0 saturated carbocycles. The number of aryl methyl sites for hydroxylation is 1. The maximum absolute atomic E-state index is 12.2. The second kappa shape index (κ2) is 8.06. The zero-order valence-corrected chi connectivity index (χ0v) is 14.0. The summed E-state index contributed by atoms with van der Waals surface area (Å²) in [4.78, 5) is 18.6. The van der Waals surface area contributed by atoms with E-state index in [0.29, 0.717) is 24.7 Å². The predicted octanol–water partition coefficient (Wildman–Crippen LogP) is 2.70. The quantitative estimate of drug-likeness (QED) is 0.781. The van der Waals surface area contributed by atoms with E-state index in [2.05, 4.69) is 10.1 Å². The molecule has 0 aliphatic carbocycles. The third-order valence-corrected chi connectivity index (χ3v) is 4.32. The van der Waals surface area contributed by atoms with Crippen molar-refractivity contribution in [3.63, 3.8) is 0 Å². The van der Waals surface area contributed by atoms with Crippen molar-refractivity contribution >= 4 is 5.91 Å². The van der Waals surface area contributed by atoms with E-state index in [0.717, 1.165) is 31.4 Å². The molecule has 128 valence electrons. The molecule has 1 amide bonds. The smallest absolute Gasteiger partial charge is 0.257 e. The molecular formula is C18H23N3O3. The molecule has 1 atom stereocenters. The average molecular weight is 329 g/mol. The van der Waals surface area contributed by atoms with E-state index in [9.17, 15) is 4.79 Å². The molecule has 2 aromatic rings. The number of carbonyl (C=O) groups excluding carboxylic acids is 1. The first-order valence-corrected chi connectivity index (χ1v) is 8.53. The molecule has 1 saturated heterocycles. The standard InChI is InChI=1S/C18H23N3O3/c1-2-23-13-17(22)21-12-6-9-15(21)10-11-16-19-18(24-20-16)14-7-4-3-5-8-14/h3-5,7-8,15H,2,6,9-13H2,1H3. The van der Waals surface area contributed by atoms with Crippen molar-refractivity contribution in [1.29, 1.82) is 0 Å². The van der Waals surface area contributed by atoms with Crippen LogP contribution in [0.5, 0.6) is 0 Å². The first-order valence-electron chi connectivity index (χ1n) is 8.53. The van der Waals surface area contributed by atoms with Crippen LogP contribution in [0.1, 0.15) is 32.0 Å². The van der Waals surface area contributed by atoms with Gasteiger partial charge in [0.05, 0.1) is 0 Å². The Bertz CT molecular complexity index is 657. The van der Waals surface area contributed by atoms with Crippen LogP contribution in [-0.2, 0) is 16.0 Å². The maximum Gasteiger partial charge on any atom is 0.257 e. The molecule has 6 nitrogen and oxygen atoms in total. The second-order valence-corrected chi connectivity index (χ2v) is 5.94. The zero-order valence-electron chi connectivity index (χ0n) is 14.0. The van der Waals surface area contributed by atoms with Crippen LogP contribution >= 0.6 is 0 Å². The van der Waals surface area contributed by atoms with Gasteiger partial charge in [-0.1, -0.05) is 23.4 Å². The van der Waals surface area contributed by atoms with Gasteiger partial charge in [-0.2, -0.15) is 4.98 Å². The van der Waals surface area contributed by atoms with E-state index in [1.165, 1.54) is 0 Å². The van der Waals surface area contributed by atoms with E-state index < -0.39 is 0 Å². The largest absolute Gasteiger partial charge is 0.372 e. The molecule has 1 aromatic heterocycles. The Hall–Kier alpha value is -2.21. The van der Waals surface area contributed by atoms with E-state index in [1.807, 2.05) is 42.2 Å². The minimum atomic E-state index is 0.0810. The number of amides is 1. The minimum absolute atomic E-state index is 0.0810. The molecule has 0 bridgehead atoms. The number of hydrogen-bond acceptors (Lipinski definition) is 5. The molecule has 3 rings (SSSR count). The van der Waals surface area contributed by atoms with Crippen molar-refractivity contribution in [2.75, 3.05) is 19.8 Å². The zero-order chi connectivity index (χ0) is 16.8. The highest BCUT2D eigenvalue weighted by molar-refractivity contribution is 5.78. The highest BCUT2D eigenvalue weighted by atomic mass is 16.5. The molecule has 1 aromatic carbocycles. The topological polar surface area (TPSA) is 68.5 Å². The van der Waals surface area contributed by atoms with Gasteiger partial charge in [-0.3, -0.25) is 4.79 Å². The lowest BCUT2D eigenvalue weighted by Crippen LogP contribution is -2.38. The van der Waals surface area contributed by atoms with Crippen molar-refractivity contribution in [3.8, 4) is 11.5 Å². The molecule has 1 aliphatic rings. The lowest BCUT2D eigenvalue weighted by Gasteiger charge is -2.24. The highest BCUT2D eigenvalue weighted by Gasteiger charge is 2.28. The fourth-order valence-corrected chi connectivity index (χ4v) is 3.09. The fraction of sp³-hybridized carbons (Fsp3) is 0.500. The normalized spacial score (nSPS) is 17.4. The molecule has 24 heavy (non-hydrogen) atoms. The van der Waals surface area contributed by atoms with E-state index in [-0.39, 0.29) is 18.6 Å². The molecule has 1 fully saturated rings. The Morgan fingerprint density at radius 3 is 3.00 bits per heavy atom. The van der Waals surface area contributed by atoms with Gasteiger partial charge in [0.25, 0.3) is 5.89 Å². The minimum Gasteiger partial charge on any atom is -0.372 e. The summed E-state index contributed by atoms with van der Waals surface area (Å²) in [6.45, 7) is 3.45. The summed E-state index contributed by atoms with van der Waals surface area (Å²) in [6, 6.07) is 9.98. The van der Waals surface area contributed by atoms with Gasteiger partial charge in [-0.25, -0.2) is 0 Å². The molecule has 0 radical (unpaired) electrons. The van der Waals surface area contributed by atoms with Gasteiger partial charge in [0.2, 0.25) is 5.91 Å². The Kier molecular flexibility index (Phi) is 5.59. The van der Waals surface area contributed by atoms with Gasteiger partial charge in [0.15, 0.2) is 5.82 Å². The second-order valence-electron chi connectivity index (χ2n) is 5.94. The van der Waals surface area contributed by atoms with Crippen molar-refractivity contribution in [2.24, 2.45) is 0 Å². The van der Waals surface area contributed by atoms with Crippen molar-refractivity contribution in [1.82, 2.24) is 15.0 Å². The van der Waals surface area contributed by atoms with Crippen LogP contribution in [0.3, 0.4) is 0 Å². The number of benzene rings is 1. The first kappa shape index (κ1) is 16.6. The summed E-state index contributed by atoms with van der Waals surface area (Å²) in [6.07, 6.45) is 3.64. The molecule has 1 unspecified atom stereocenters. The van der Waals surface area contributed by atoms with E-state index in [4.69, 9.17) is 9.26 Å². The summed E-state index contributed by atoms with van der Waals surface area (Å²) >= 11 is 0. The number of hydrogen-bond donors (Lipinski definition) is 0. The number of rotatable bonds is 7. The van der Waals surface area contributed by atoms with Crippen molar-refractivity contribution in [3.05, 3.63) is 36.2 Å². The third kappa shape index (κ3) is 4.00. The Morgan fingerprint density at radius 1 is 1.38 bits per heavy atom. The summed E-state index contributed by atoms with van der Waals surface area (Å²) in [5, 5.41) is 4.06. The number of likely N-dealkylation sites (tertiary alicyclic amines) is 1. The van der Waals surface area contributed by atoms with Crippen LogP contribution < -0.4 is 0 Å². The van der Waals surface area contributed by atoms with Crippen LogP contribution in [0.4, 0.5) is 0 Å². The van der Waals surface area contributed by atoms with Crippen molar-refractivity contribution < 1.29 is 14.1 Å². The van der Waals surface area contributed by atoms with E-state index in [1.54, 1.807) is 0 Å². The summed E-state index contributed by atoms with van der Waals surface area (Å²) in [5.41, 5.74) is 0.922. The number of aromatic nitrogens is 2. The van der Waals surface area contributed by atoms with Crippen LogP contribution in [0, 0.1) is 0 Å². The number of carbonyl (C=O) groups is 1. The van der Waals surface area contributed by atoms with Crippen LogP contribution in [0.25, 0.3) is 11.5 Å². The Morgan fingerprint density at radius 2 is 2.21 bits per heavy atom. The van der Waals surface area contributed by atoms with Gasteiger partial charge in [0, 0.05) is 31.2 Å². The Balaban J connectivity index is 1.55. The number of ether oxygens (including phenoxy) is 1. The number of nitrogens with zero attached hydrogens (tertiary/aromatic N) is 3. The fourth-order valence-electron chi connectivity index (χ4n) is 3.09. The average Bonchev–Trinajstić information content (AvgIpc) is 3.27. The molecule has 1 aliphatic heterocycles. The monoisotopic (exact) mass is 329 g/mol. The highest BCUT2D eigenvalue weighted by Crippen LogP contribution is 2.22. The molecule has 2 heterocycles. The lowest BCUT2D eigenvalue weighted by molar-refractivity contribution is -0.136. The predicted molar refractivity (Wildman–Crippen MR) is 89.3 cm³/mol. The van der Waals surface area contributed by atoms with Gasteiger partial charge in [-0.15, -0.1) is 0 Å². The van der Waals surface area contributed by atoms with Crippen LogP contribution in [0.2, 0.25) is 0 Å². The SMILES string of the molecule is CCOCC(=O)N1CCCC1CCc1noc(-c2ccccc2)n1. The third-order valence-electron chi connectivity index (χ3n) is 4.32. The van der Waals surface area contributed by atoms with Gasteiger partial charge in [0.1, 0.15) is 6.61 Å². The molecular weight excluding hydrogens is 306 g/mol. The van der Waals surface area contributed by atoms with Gasteiger partial charge >= 0.3 is 0 Å². The molecule has 0 N–H and O–H groups in total. The Labute approximate surface area is 141 Å². The van der Waals surface area contributed by atoms with Crippen LogP contribution in [0.15, 0.2) is 34.9 Å². The van der Waals surface area contributed by atoms with Crippen molar-refractivity contribution in [2.45, 2.75) is 38.6 Å². The molecule has 6 heteroatoms.